The Balaban J connectivity index is 1.37. The van der Waals surface area contributed by atoms with E-state index in [0.29, 0.717) is 23.5 Å². The number of likely N-dealkylation sites (tertiary alicyclic amines) is 1. The number of amides is 1. The Morgan fingerprint density at radius 3 is 2.65 bits per heavy atom. The molecule has 1 fully saturated rings. The minimum absolute atomic E-state index is 0.0541. The number of carbonyl (C=O) groups excluding carboxylic acids is 1. The summed E-state index contributed by atoms with van der Waals surface area (Å²) >= 11 is 0. The van der Waals surface area contributed by atoms with Crippen molar-refractivity contribution in [3.8, 4) is 28.6 Å². The number of anilines is 1. The molecule has 2 aromatic heterocycles. The Morgan fingerprint density at radius 1 is 1.07 bits per heavy atom. The van der Waals surface area contributed by atoms with Crippen molar-refractivity contribution in [3.05, 3.63) is 89.8 Å². The van der Waals surface area contributed by atoms with Crippen LogP contribution in [-0.2, 0) is 12.6 Å². The quantitative estimate of drug-likeness (QED) is 0.214. The fourth-order valence-electron chi connectivity index (χ4n) is 4.74. The van der Waals surface area contributed by atoms with Gasteiger partial charge in [-0.05, 0) is 75.0 Å². The Labute approximate surface area is 245 Å². The monoisotopic (exact) mass is 595 g/mol. The van der Waals surface area contributed by atoms with Gasteiger partial charge in [-0.1, -0.05) is 6.92 Å². The van der Waals surface area contributed by atoms with E-state index < -0.39 is 29.0 Å². The van der Waals surface area contributed by atoms with Crippen LogP contribution >= 0.6 is 0 Å². The number of aromatic nitrogens is 3. The fraction of sp³-hybridized carbons (Fsp3) is 0.290. The number of alkyl halides is 3. The Morgan fingerprint density at radius 2 is 1.91 bits per heavy atom. The van der Waals surface area contributed by atoms with Gasteiger partial charge >= 0.3 is 6.18 Å². The van der Waals surface area contributed by atoms with Crippen LogP contribution in [0, 0.1) is 5.82 Å². The summed E-state index contributed by atoms with van der Waals surface area (Å²) in [7, 11) is 1.93. The molecule has 4 aromatic rings. The molecule has 0 radical (unpaired) electrons. The number of hydrogen-bond donors (Lipinski definition) is 1. The highest BCUT2D eigenvalue weighted by molar-refractivity contribution is 6.04. The average molecular weight is 596 g/mol. The van der Waals surface area contributed by atoms with Gasteiger partial charge in [0.15, 0.2) is 0 Å². The second-order valence-corrected chi connectivity index (χ2v) is 10.1. The van der Waals surface area contributed by atoms with Crippen molar-refractivity contribution < 1.29 is 31.8 Å². The first-order chi connectivity index (χ1) is 20.6. The second kappa shape index (κ2) is 12.7. The number of rotatable bonds is 9. The van der Waals surface area contributed by atoms with Gasteiger partial charge in [0.05, 0.1) is 22.4 Å². The zero-order chi connectivity index (χ0) is 30.6. The maximum atomic E-state index is 14.8. The molecule has 3 heterocycles. The molecule has 0 unspecified atom stereocenters. The van der Waals surface area contributed by atoms with E-state index in [0.717, 1.165) is 43.7 Å². The first kappa shape index (κ1) is 29.9. The molecule has 1 atom stereocenters. The van der Waals surface area contributed by atoms with Crippen LogP contribution in [-0.4, -0.2) is 52.0 Å². The number of halogens is 4. The third-order valence-corrected chi connectivity index (χ3v) is 7.07. The number of hydrogen-bond acceptors (Lipinski definition) is 7. The lowest BCUT2D eigenvalue weighted by molar-refractivity contribution is -0.137. The number of pyridine rings is 1. The summed E-state index contributed by atoms with van der Waals surface area (Å²) in [5, 5.41) is 2.37. The topological polar surface area (TPSA) is 89.5 Å². The summed E-state index contributed by atoms with van der Waals surface area (Å²) in [6, 6.07) is 11.7. The third-order valence-electron chi connectivity index (χ3n) is 7.07. The molecule has 43 heavy (non-hydrogen) atoms. The molecule has 12 heteroatoms. The van der Waals surface area contributed by atoms with Crippen molar-refractivity contribution >= 4 is 11.6 Å². The van der Waals surface area contributed by atoms with Gasteiger partial charge in [-0.3, -0.25) is 4.79 Å². The number of likely N-dealkylation sites (N-methyl/N-ethyl adjacent to an activating group) is 1. The van der Waals surface area contributed by atoms with Gasteiger partial charge in [0.1, 0.15) is 29.7 Å². The molecule has 224 valence electrons. The Kier molecular flexibility index (Phi) is 8.86. The highest BCUT2D eigenvalue weighted by atomic mass is 19.4. The summed E-state index contributed by atoms with van der Waals surface area (Å²) < 4.78 is 67.4. The van der Waals surface area contributed by atoms with Crippen LogP contribution in [0.25, 0.3) is 11.3 Å². The maximum absolute atomic E-state index is 14.8. The van der Waals surface area contributed by atoms with Crippen LogP contribution in [0.1, 0.15) is 41.5 Å². The lowest BCUT2D eigenvalue weighted by atomic mass is 10.1. The van der Waals surface area contributed by atoms with Gasteiger partial charge in [0.25, 0.3) is 5.91 Å². The van der Waals surface area contributed by atoms with Crippen LogP contribution in [0.3, 0.4) is 0 Å². The molecular weight excluding hydrogens is 566 g/mol. The lowest BCUT2D eigenvalue weighted by Gasteiger charge is -2.20. The predicted molar refractivity (Wildman–Crippen MR) is 152 cm³/mol. The largest absolute Gasteiger partial charge is 0.492 e. The van der Waals surface area contributed by atoms with E-state index in [1.807, 2.05) is 14.0 Å². The number of carbonyl (C=O) groups is 1. The second-order valence-electron chi connectivity index (χ2n) is 10.1. The Bertz CT molecular complexity index is 1610. The zero-order valence-electron chi connectivity index (χ0n) is 23.5. The highest BCUT2D eigenvalue weighted by Gasteiger charge is 2.32. The fourth-order valence-corrected chi connectivity index (χ4v) is 4.74. The summed E-state index contributed by atoms with van der Waals surface area (Å²) in [5.41, 5.74) is -0.510. The molecule has 0 aliphatic carbocycles. The number of nitrogens with zero attached hydrogens (tertiary/aromatic N) is 4. The summed E-state index contributed by atoms with van der Waals surface area (Å²) in [4.78, 5) is 28.1. The van der Waals surface area contributed by atoms with Gasteiger partial charge in [-0.15, -0.1) is 0 Å². The number of ether oxygens (including phenoxy) is 2. The van der Waals surface area contributed by atoms with E-state index in [2.05, 4.69) is 25.2 Å². The van der Waals surface area contributed by atoms with E-state index in [1.54, 1.807) is 24.4 Å². The van der Waals surface area contributed by atoms with E-state index in [-0.39, 0.29) is 35.7 Å². The normalized spacial score (nSPS) is 15.3. The average Bonchev–Trinajstić information content (AvgIpc) is 3.41. The summed E-state index contributed by atoms with van der Waals surface area (Å²) in [6.07, 6.45) is 0.911. The van der Waals surface area contributed by atoms with E-state index in [9.17, 15) is 22.4 Å². The van der Waals surface area contributed by atoms with Crippen molar-refractivity contribution in [1.82, 2.24) is 19.9 Å². The van der Waals surface area contributed by atoms with Crippen molar-refractivity contribution in [3.63, 3.8) is 0 Å². The SMILES string of the molecule is CCc1nccc(-c2cccnc2Oc2ccc(F)c(C(=O)Nc3cc(OC[C@@H]4CCCN4C)cc(C(F)(F)F)c3)c2)n1. The molecule has 0 spiro atoms. The number of aryl methyl sites for hydroxylation is 1. The molecule has 8 nitrogen and oxygen atoms in total. The first-order valence-electron chi connectivity index (χ1n) is 13.7. The maximum Gasteiger partial charge on any atom is 0.416 e. The minimum atomic E-state index is -4.69. The molecule has 1 aliphatic rings. The van der Waals surface area contributed by atoms with Gasteiger partial charge in [0, 0.05) is 36.6 Å². The van der Waals surface area contributed by atoms with Crippen LogP contribution < -0.4 is 14.8 Å². The van der Waals surface area contributed by atoms with Crippen molar-refractivity contribution in [2.45, 2.75) is 38.4 Å². The van der Waals surface area contributed by atoms with Gasteiger partial charge in [-0.2, -0.15) is 13.2 Å². The predicted octanol–water partition coefficient (Wildman–Crippen LogP) is 6.78. The molecular formula is C31H29F4N5O3. The Hall–Kier alpha value is -4.58. The molecule has 0 bridgehead atoms. The zero-order valence-corrected chi connectivity index (χ0v) is 23.5. The van der Waals surface area contributed by atoms with Crippen molar-refractivity contribution in [2.24, 2.45) is 0 Å². The van der Waals surface area contributed by atoms with E-state index >= 15 is 0 Å². The van der Waals surface area contributed by atoms with Crippen molar-refractivity contribution in [1.29, 1.82) is 0 Å². The molecule has 1 saturated heterocycles. The van der Waals surface area contributed by atoms with Gasteiger partial charge < -0.3 is 19.7 Å². The van der Waals surface area contributed by atoms with E-state index in [1.165, 1.54) is 18.3 Å². The van der Waals surface area contributed by atoms with Crippen molar-refractivity contribution in [2.75, 3.05) is 25.5 Å². The smallest absolute Gasteiger partial charge is 0.416 e. The lowest BCUT2D eigenvalue weighted by Crippen LogP contribution is -2.30. The number of nitrogens with one attached hydrogen (secondary N) is 1. The molecule has 0 saturated carbocycles. The third kappa shape index (κ3) is 7.26. The van der Waals surface area contributed by atoms with Crippen LogP contribution in [0.15, 0.2) is 67.0 Å². The molecule has 2 aromatic carbocycles. The summed E-state index contributed by atoms with van der Waals surface area (Å²) in [5.74, 6) is -1.03. The first-order valence-corrected chi connectivity index (χ1v) is 13.7. The highest BCUT2D eigenvalue weighted by Crippen LogP contribution is 2.35. The van der Waals surface area contributed by atoms with Crippen LogP contribution in [0.4, 0.5) is 23.2 Å². The van der Waals surface area contributed by atoms with E-state index in [4.69, 9.17) is 9.47 Å². The van der Waals surface area contributed by atoms with Crippen LogP contribution in [0.2, 0.25) is 0 Å². The molecule has 5 rings (SSSR count). The molecule has 1 aliphatic heterocycles. The standard InChI is InChI=1S/C31H29F4N5O3/c1-3-28-36-12-10-27(39-28)24-7-4-11-37-30(24)43-22-8-9-26(32)25(17-22)29(41)38-20-14-19(31(33,34)35)15-23(16-20)42-18-21-6-5-13-40(21)2/h4,7-12,14-17,21H,3,5-6,13,18H2,1-2H3,(H,38,41)/t21-/m0/s1. The van der Waals surface area contributed by atoms with Crippen LogP contribution in [0.5, 0.6) is 17.4 Å². The molecule has 1 amide bonds. The van der Waals surface area contributed by atoms with Gasteiger partial charge in [-0.25, -0.2) is 19.3 Å². The minimum Gasteiger partial charge on any atom is -0.492 e. The summed E-state index contributed by atoms with van der Waals surface area (Å²) in [6.45, 7) is 3.01. The van der Waals surface area contributed by atoms with Gasteiger partial charge in [0.2, 0.25) is 5.88 Å². The molecule has 1 N–H and O–H groups in total. The number of benzene rings is 2.